The molecule has 0 aliphatic carbocycles. The van der Waals surface area contributed by atoms with Crippen molar-refractivity contribution in [3.8, 4) is 6.07 Å². The molecular formula is C13H9N3O2. The van der Waals surface area contributed by atoms with Gasteiger partial charge < -0.3 is 0 Å². The lowest BCUT2D eigenvalue weighted by atomic mass is 10.1. The minimum Gasteiger partial charge on any atom is -0.292 e. The van der Waals surface area contributed by atoms with Gasteiger partial charge >= 0.3 is 0 Å². The summed E-state index contributed by atoms with van der Waals surface area (Å²) in [6.45, 7) is -0.0570. The van der Waals surface area contributed by atoms with Crippen LogP contribution >= 0.6 is 0 Å². The monoisotopic (exact) mass is 239 g/mol. The highest BCUT2D eigenvalue weighted by Crippen LogP contribution is 2.05. The van der Waals surface area contributed by atoms with Crippen LogP contribution in [0.4, 0.5) is 0 Å². The van der Waals surface area contributed by atoms with Gasteiger partial charge in [-0.25, -0.2) is 4.98 Å². The highest BCUT2D eigenvalue weighted by atomic mass is 16.1. The van der Waals surface area contributed by atoms with Crippen LogP contribution in [0.1, 0.15) is 15.9 Å². The highest BCUT2D eigenvalue weighted by Gasteiger charge is 2.07. The Morgan fingerprint density at radius 2 is 2.00 bits per heavy atom. The zero-order valence-electron chi connectivity index (χ0n) is 9.41. The lowest BCUT2D eigenvalue weighted by molar-refractivity contribution is 0.0970. The van der Waals surface area contributed by atoms with Crippen LogP contribution in [0, 0.1) is 11.3 Å². The molecule has 0 bridgehead atoms. The van der Waals surface area contributed by atoms with Gasteiger partial charge in [-0.05, 0) is 12.1 Å². The molecule has 2 rings (SSSR count). The van der Waals surface area contributed by atoms with Crippen molar-refractivity contribution in [2.24, 2.45) is 0 Å². The Morgan fingerprint density at radius 1 is 1.28 bits per heavy atom. The van der Waals surface area contributed by atoms with Crippen LogP contribution in [0.15, 0.2) is 47.7 Å². The highest BCUT2D eigenvalue weighted by molar-refractivity contribution is 5.95. The number of Topliss-reactive ketones (excluding diaryl/α,β-unsaturated/α-hetero) is 1. The third-order valence-corrected chi connectivity index (χ3v) is 2.44. The molecule has 0 amide bonds. The van der Waals surface area contributed by atoms with Crippen LogP contribution in [-0.4, -0.2) is 15.3 Å². The Morgan fingerprint density at radius 3 is 2.61 bits per heavy atom. The van der Waals surface area contributed by atoms with E-state index in [1.165, 1.54) is 23.2 Å². The number of benzene rings is 1. The molecule has 1 aromatic heterocycles. The summed E-state index contributed by atoms with van der Waals surface area (Å²) in [5.74, 6) is -0.199. The van der Waals surface area contributed by atoms with Gasteiger partial charge in [-0.1, -0.05) is 12.1 Å². The van der Waals surface area contributed by atoms with E-state index in [0.717, 1.165) is 0 Å². The largest absolute Gasteiger partial charge is 0.292 e. The number of aromatic nitrogens is 2. The molecule has 5 nitrogen and oxygen atoms in total. The Labute approximate surface area is 103 Å². The topological polar surface area (TPSA) is 75.8 Å². The fourth-order valence-corrected chi connectivity index (χ4v) is 1.47. The third-order valence-electron chi connectivity index (χ3n) is 2.44. The Balaban J connectivity index is 2.20. The average molecular weight is 239 g/mol. The van der Waals surface area contributed by atoms with Crippen LogP contribution in [0.3, 0.4) is 0 Å². The van der Waals surface area contributed by atoms with Crippen LogP contribution in [0.25, 0.3) is 0 Å². The first-order valence-corrected chi connectivity index (χ1v) is 5.24. The molecule has 2 aromatic rings. The summed E-state index contributed by atoms with van der Waals surface area (Å²) in [5.41, 5.74) is 0.682. The fourth-order valence-electron chi connectivity index (χ4n) is 1.47. The fraction of sp³-hybridized carbons (Fsp3) is 0.0769. The molecule has 0 atom stereocenters. The van der Waals surface area contributed by atoms with E-state index in [0.29, 0.717) is 11.1 Å². The molecule has 1 aromatic carbocycles. The Bertz CT molecular complexity index is 666. The predicted octanol–water partition coefficient (Wildman–Crippen LogP) is 0.998. The average Bonchev–Trinajstić information content (AvgIpc) is 2.41. The van der Waals surface area contributed by atoms with Gasteiger partial charge in [0.15, 0.2) is 5.78 Å². The molecule has 0 unspecified atom stereocenters. The quantitative estimate of drug-likeness (QED) is 0.749. The van der Waals surface area contributed by atoms with Gasteiger partial charge in [-0.3, -0.25) is 14.2 Å². The minimum absolute atomic E-state index is 0.0570. The van der Waals surface area contributed by atoms with Crippen molar-refractivity contribution in [2.45, 2.75) is 6.54 Å². The lowest BCUT2D eigenvalue weighted by Crippen LogP contribution is -2.23. The molecule has 5 heteroatoms. The van der Waals surface area contributed by atoms with Crippen LogP contribution in [0.2, 0.25) is 0 Å². The number of carbonyl (C=O) groups excluding carboxylic acids is 1. The van der Waals surface area contributed by atoms with Gasteiger partial charge in [-0.2, -0.15) is 5.26 Å². The minimum atomic E-state index is -0.271. The summed E-state index contributed by atoms with van der Waals surface area (Å²) in [6.07, 6.45) is 2.70. The number of nitrogens with zero attached hydrogens (tertiary/aromatic N) is 3. The van der Waals surface area contributed by atoms with E-state index in [1.54, 1.807) is 24.3 Å². The lowest BCUT2D eigenvalue weighted by Gasteiger charge is -2.03. The second-order valence-electron chi connectivity index (χ2n) is 3.66. The van der Waals surface area contributed by atoms with Gasteiger partial charge in [0.25, 0.3) is 5.56 Å². The van der Waals surface area contributed by atoms with Crippen LogP contribution in [-0.2, 0) is 6.54 Å². The smallest absolute Gasteiger partial charge is 0.253 e. The molecular weight excluding hydrogens is 230 g/mol. The van der Waals surface area contributed by atoms with Crippen molar-refractivity contribution in [3.63, 3.8) is 0 Å². The summed E-state index contributed by atoms with van der Waals surface area (Å²) >= 11 is 0. The Hall–Kier alpha value is -2.74. The molecule has 0 saturated carbocycles. The van der Waals surface area contributed by atoms with E-state index in [9.17, 15) is 9.59 Å². The van der Waals surface area contributed by atoms with E-state index in [1.807, 2.05) is 6.07 Å². The summed E-state index contributed by atoms with van der Waals surface area (Å²) < 4.78 is 1.24. The molecule has 0 aliphatic rings. The Kier molecular flexibility index (Phi) is 3.30. The third kappa shape index (κ3) is 2.50. The van der Waals surface area contributed by atoms with Crippen LogP contribution in [0.5, 0.6) is 0 Å². The van der Waals surface area contributed by atoms with Gasteiger partial charge in [0, 0.05) is 17.8 Å². The number of carbonyl (C=O) groups is 1. The van der Waals surface area contributed by atoms with Gasteiger partial charge in [-0.15, -0.1) is 0 Å². The maximum Gasteiger partial charge on any atom is 0.253 e. The maximum atomic E-state index is 11.9. The van der Waals surface area contributed by atoms with Crippen molar-refractivity contribution >= 4 is 5.78 Å². The van der Waals surface area contributed by atoms with Crippen molar-refractivity contribution in [1.82, 2.24) is 9.55 Å². The van der Waals surface area contributed by atoms with Crippen molar-refractivity contribution in [3.05, 3.63) is 64.3 Å². The molecule has 0 spiro atoms. The molecule has 0 N–H and O–H groups in total. The van der Waals surface area contributed by atoms with E-state index in [2.05, 4.69) is 4.98 Å². The first kappa shape index (κ1) is 11.7. The molecule has 0 saturated heterocycles. The van der Waals surface area contributed by atoms with E-state index in [-0.39, 0.29) is 17.9 Å². The zero-order chi connectivity index (χ0) is 13.0. The van der Waals surface area contributed by atoms with Crippen molar-refractivity contribution in [2.75, 3.05) is 0 Å². The van der Waals surface area contributed by atoms with Crippen LogP contribution < -0.4 is 5.56 Å². The standard InChI is InChI=1S/C13H9N3O2/c14-7-10-1-3-11(4-2-10)12(17)8-16-9-15-6-5-13(16)18/h1-6,9H,8H2. The van der Waals surface area contributed by atoms with Crippen molar-refractivity contribution in [1.29, 1.82) is 5.26 Å². The molecule has 0 fully saturated rings. The molecule has 1 heterocycles. The SMILES string of the molecule is N#Cc1ccc(C(=O)Cn2cnccc2=O)cc1. The number of nitriles is 1. The second-order valence-corrected chi connectivity index (χ2v) is 3.66. The molecule has 0 radical (unpaired) electrons. The summed E-state index contributed by atoms with van der Waals surface area (Å²) in [6, 6.07) is 9.55. The molecule has 88 valence electrons. The van der Waals surface area contributed by atoms with E-state index in [4.69, 9.17) is 5.26 Å². The van der Waals surface area contributed by atoms with E-state index < -0.39 is 0 Å². The first-order valence-electron chi connectivity index (χ1n) is 5.24. The molecule has 18 heavy (non-hydrogen) atoms. The summed E-state index contributed by atoms with van der Waals surface area (Å²) in [7, 11) is 0. The van der Waals surface area contributed by atoms with E-state index >= 15 is 0 Å². The first-order chi connectivity index (χ1) is 8.70. The second kappa shape index (κ2) is 5.06. The molecule has 0 aliphatic heterocycles. The predicted molar refractivity (Wildman–Crippen MR) is 64.0 cm³/mol. The summed E-state index contributed by atoms with van der Waals surface area (Å²) in [4.78, 5) is 27.1. The van der Waals surface area contributed by atoms with Crippen molar-refractivity contribution < 1.29 is 4.79 Å². The number of hydrogen-bond acceptors (Lipinski definition) is 4. The summed E-state index contributed by atoms with van der Waals surface area (Å²) in [5, 5.41) is 8.65. The number of ketones is 1. The normalized spacial score (nSPS) is 9.72. The van der Waals surface area contributed by atoms with Gasteiger partial charge in [0.05, 0.1) is 24.5 Å². The maximum absolute atomic E-state index is 11.9. The van der Waals surface area contributed by atoms with Gasteiger partial charge in [0.2, 0.25) is 0 Å². The zero-order valence-corrected chi connectivity index (χ0v) is 9.41. The number of hydrogen-bond donors (Lipinski definition) is 0. The van der Waals surface area contributed by atoms with Gasteiger partial charge in [0.1, 0.15) is 0 Å². The number of rotatable bonds is 3.